The van der Waals surface area contributed by atoms with E-state index >= 15 is 0 Å². The second-order valence-electron chi connectivity index (χ2n) is 8.04. The Kier molecular flexibility index (Phi) is 6.21. The van der Waals surface area contributed by atoms with E-state index in [1.165, 1.54) is 4.68 Å². The summed E-state index contributed by atoms with van der Waals surface area (Å²) in [4.78, 5) is 35.5. The van der Waals surface area contributed by atoms with Crippen LogP contribution in [0.25, 0.3) is 21.8 Å². The van der Waals surface area contributed by atoms with Crippen molar-refractivity contribution in [2.24, 2.45) is 0 Å². The predicted molar refractivity (Wildman–Crippen MR) is 128 cm³/mol. The summed E-state index contributed by atoms with van der Waals surface area (Å²) in [6.07, 6.45) is 0.350. The first-order valence-electron chi connectivity index (χ1n) is 11.2. The molecule has 4 aromatic rings. The van der Waals surface area contributed by atoms with Crippen molar-refractivity contribution in [1.82, 2.24) is 24.6 Å². The average molecular weight is 482 g/mol. The molecule has 0 radical (unpaired) electrons. The lowest BCUT2D eigenvalue weighted by atomic mass is 10.1. The summed E-state index contributed by atoms with van der Waals surface area (Å²) >= 11 is 6.31. The van der Waals surface area contributed by atoms with Crippen LogP contribution in [0, 0.1) is 0 Å². The topological polar surface area (TPSA) is 102 Å². The zero-order chi connectivity index (χ0) is 23.7. The number of halogens is 1. The number of aromatic nitrogens is 4. The number of ether oxygens (including phenoxy) is 2. The van der Waals surface area contributed by atoms with Gasteiger partial charge in [0.25, 0.3) is 5.56 Å². The molecule has 2 aromatic heterocycles. The Bertz CT molecular complexity index is 1420. The van der Waals surface area contributed by atoms with Crippen molar-refractivity contribution in [3.05, 3.63) is 63.3 Å². The lowest BCUT2D eigenvalue weighted by Crippen LogP contribution is -2.43. The molecule has 10 heteroatoms. The van der Waals surface area contributed by atoms with Crippen LogP contribution in [-0.4, -0.2) is 63.5 Å². The summed E-state index contributed by atoms with van der Waals surface area (Å²) < 4.78 is 12.1. The zero-order valence-electron chi connectivity index (χ0n) is 18.7. The highest BCUT2D eigenvalue weighted by atomic mass is 35.5. The van der Waals surface area contributed by atoms with Gasteiger partial charge in [-0.1, -0.05) is 29.8 Å². The van der Waals surface area contributed by atoms with Gasteiger partial charge in [-0.15, -0.1) is 0 Å². The first kappa shape index (κ1) is 22.4. The fourth-order valence-electron chi connectivity index (χ4n) is 4.16. The van der Waals surface area contributed by atoms with Crippen LogP contribution in [0.3, 0.4) is 0 Å². The molecule has 0 unspecified atom stereocenters. The highest BCUT2D eigenvalue weighted by Gasteiger charge is 2.20. The molecule has 176 valence electrons. The average Bonchev–Trinajstić information content (AvgIpc) is 3.23. The van der Waals surface area contributed by atoms with Crippen molar-refractivity contribution >= 4 is 39.3 Å². The number of imidazole rings is 1. The smallest absolute Gasteiger partial charge is 0.275 e. The molecule has 1 N–H and O–H groups in total. The number of aromatic amines is 1. The van der Waals surface area contributed by atoms with Crippen molar-refractivity contribution in [1.29, 1.82) is 0 Å². The van der Waals surface area contributed by atoms with Crippen LogP contribution in [0.1, 0.15) is 18.4 Å². The van der Waals surface area contributed by atoms with E-state index in [-0.39, 0.29) is 18.0 Å². The molecular weight excluding hydrogens is 458 g/mol. The molecule has 9 nitrogen and oxygen atoms in total. The molecule has 0 atom stereocenters. The molecule has 0 saturated carbocycles. The SMILES string of the molecule is CCOc1cc2[nH]c(Cc3nn(CC(=O)N4CCOCC4)c(=O)c4ccccc34)nc2cc1Cl. The largest absolute Gasteiger partial charge is 0.492 e. The fourth-order valence-corrected chi connectivity index (χ4v) is 4.37. The summed E-state index contributed by atoms with van der Waals surface area (Å²) in [7, 11) is 0. The van der Waals surface area contributed by atoms with E-state index < -0.39 is 0 Å². The first-order chi connectivity index (χ1) is 16.5. The fraction of sp³-hybridized carbons (Fsp3) is 0.333. The number of hydrogen-bond donors (Lipinski definition) is 1. The number of carbonyl (C=O) groups excluding carboxylic acids is 1. The van der Waals surface area contributed by atoms with E-state index in [2.05, 4.69) is 15.1 Å². The molecule has 0 spiro atoms. The normalized spacial score (nSPS) is 14.1. The van der Waals surface area contributed by atoms with Crippen molar-refractivity contribution < 1.29 is 14.3 Å². The zero-order valence-corrected chi connectivity index (χ0v) is 19.5. The molecular formula is C24H24ClN5O4. The van der Waals surface area contributed by atoms with Crippen LogP contribution in [0.4, 0.5) is 0 Å². The van der Waals surface area contributed by atoms with Gasteiger partial charge in [0.2, 0.25) is 5.91 Å². The third-order valence-electron chi connectivity index (χ3n) is 5.81. The number of H-pyrrole nitrogens is 1. The molecule has 1 saturated heterocycles. The number of nitrogens with one attached hydrogen (secondary N) is 1. The van der Waals surface area contributed by atoms with E-state index in [0.29, 0.717) is 72.5 Å². The number of hydrogen-bond acceptors (Lipinski definition) is 6. The van der Waals surface area contributed by atoms with Crippen LogP contribution in [-0.2, 0) is 22.5 Å². The maximum Gasteiger partial charge on any atom is 0.275 e. The monoisotopic (exact) mass is 481 g/mol. The number of fused-ring (bicyclic) bond motifs is 2. The Morgan fingerprint density at radius 2 is 1.97 bits per heavy atom. The van der Waals surface area contributed by atoms with E-state index in [4.69, 9.17) is 21.1 Å². The van der Waals surface area contributed by atoms with Gasteiger partial charge in [0.1, 0.15) is 18.1 Å². The molecule has 1 aliphatic rings. The molecule has 5 rings (SSSR count). The summed E-state index contributed by atoms with van der Waals surface area (Å²) in [5.41, 5.74) is 1.87. The van der Waals surface area contributed by atoms with E-state index in [1.807, 2.05) is 25.1 Å². The molecule has 0 bridgehead atoms. The van der Waals surface area contributed by atoms with Crippen LogP contribution >= 0.6 is 11.6 Å². The Morgan fingerprint density at radius 3 is 2.74 bits per heavy atom. The lowest BCUT2D eigenvalue weighted by Gasteiger charge is -2.26. The minimum absolute atomic E-state index is 0.121. The second-order valence-corrected chi connectivity index (χ2v) is 8.45. The number of amides is 1. The quantitative estimate of drug-likeness (QED) is 0.454. The van der Waals surface area contributed by atoms with E-state index in [0.717, 1.165) is 10.9 Å². The van der Waals surface area contributed by atoms with Gasteiger partial charge < -0.3 is 19.4 Å². The van der Waals surface area contributed by atoms with Crippen molar-refractivity contribution in [2.75, 3.05) is 32.9 Å². The van der Waals surface area contributed by atoms with Gasteiger partial charge in [-0.3, -0.25) is 9.59 Å². The molecule has 1 fully saturated rings. The van der Waals surface area contributed by atoms with Crippen molar-refractivity contribution in [3.8, 4) is 5.75 Å². The van der Waals surface area contributed by atoms with Gasteiger partial charge in [0, 0.05) is 24.5 Å². The van der Waals surface area contributed by atoms with Crippen LogP contribution in [0.15, 0.2) is 41.2 Å². The number of morpholine rings is 1. The Morgan fingerprint density at radius 1 is 1.21 bits per heavy atom. The third kappa shape index (κ3) is 4.36. The van der Waals surface area contributed by atoms with Gasteiger partial charge in [-0.05, 0) is 19.1 Å². The molecule has 34 heavy (non-hydrogen) atoms. The Balaban J connectivity index is 1.50. The summed E-state index contributed by atoms with van der Waals surface area (Å²) in [6.45, 7) is 4.31. The minimum Gasteiger partial charge on any atom is -0.492 e. The molecule has 3 heterocycles. The number of benzene rings is 2. The van der Waals surface area contributed by atoms with Crippen LogP contribution < -0.4 is 10.3 Å². The highest BCUT2D eigenvalue weighted by molar-refractivity contribution is 6.32. The standard InChI is InChI=1S/C24H24ClN5O4/c1-2-34-21-12-20-19(11-17(21)25)26-22(27-20)13-18-15-5-3-4-6-16(15)24(32)30(28-18)14-23(31)29-7-9-33-10-8-29/h3-6,11-12H,2,7-10,13-14H2,1H3,(H,26,27). The molecule has 1 aliphatic heterocycles. The maximum absolute atomic E-state index is 13.1. The van der Waals surface area contributed by atoms with Gasteiger partial charge in [0.15, 0.2) is 0 Å². The summed E-state index contributed by atoms with van der Waals surface area (Å²) in [5.74, 6) is 1.11. The second kappa shape index (κ2) is 9.44. The Hall–Kier alpha value is -3.43. The third-order valence-corrected chi connectivity index (χ3v) is 6.11. The van der Waals surface area contributed by atoms with Crippen LogP contribution in [0.2, 0.25) is 5.02 Å². The van der Waals surface area contributed by atoms with Gasteiger partial charge in [-0.25, -0.2) is 9.67 Å². The van der Waals surface area contributed by atoms with Gasteiger partial charge >= 0.3 is 0 Å². The van der Waals surface area contributed by atoms with E-state index in [1.54, 1.807) is 23.1 Å². The molecule has 2 aromatic carbocycles. The number of carbonyl (C=O) groups is 1. The van der Waals surface area contributed by atoms with Crippen LogP contribution in [0.5, 0.6) is 5.75 Å². The summed E-state index contributed by atoms with van der Waals surface area (Å²) in [5, 5.41) is 6.32. The number of nitrogens with zero attached hydrogens (tertiary/aromatic N) is 4. The lowest BCUT2D eigenvalue weighted by molar-refractivity contribution is -0.136. The highest BCUT2D eigenvalue weighted by Crippen LogP contribution is 2.29. The predicted octanol–water partition coefficient (Wildman–Crippen LogP) is 2.77. The first-order valence-corrected chi connectivity index (χ1v) is 11.6. The number of rotatable bonds is 6. The van der Waals surface area contributed by atoms with Crippen molar-refractivity contribution in [2.45, 2.75) is 19.9 Å². The maximum atomic E-state index is 13.1. The summed E-state index contributed by atoms with van der Waals surface area (Å²) in [6, 6.07) is 10.9. The van der Waals surface area contributed by atoms with Gasteiger partial charge in [-0.2, -0.15) is 5.10 Å². The van der Waals surface area contributed by atoms with Crippen molar-refractivity contribution in [3.63, 3.8) is 0 Å². The molecule has 0 aliphatic carbocycles. The van der Waals surface area contributed by atoms with Gasteiger partial charge in [0.05, 0.1) is 53.4 Å². The minimum atomic E-state index is -0.293. The Labute approximate surface area is 200 Å². The van der Waals surface area contributed by atoms with E-state index in [9.17, 15) is 9.59 Å². The molecule has 1 amide bonds.